The van der Waals surface area contributed by atoms with Gasteiger partial charge >= 0.3 is 0 Å². The minimum atomic E-state index is -0.175. The molecule has 1 aromatic rings. The Balaban J connectivity index is 1.99. The van der Waals surface area contributed by atoms with Crippen molar-refractivity contribution in [3.05, 3.63) is 34.1 Å². The number of nitrogens with zero attached hydrogens (tertiary/aromatic N) is 1. The molecule has 1 N–H and O–H groups in total. The molecule has 0 saturated carbocycles. The molecule has 0 amide bonds. The number of nitrogens with one attached hydrogen (secondary N) is 1. The van der Waals surface area contributed by atoms with Crippen LogP contribution in [-0.4, -0.2) is 29.6 Å². The molecule has 1 aliphatic heterocycles. The molecule has 0 aliphatic carbocycles. The number of hydrogen-bond acceptors (Lipinski definition) is 2. The highest BCUT2D eigenvalue weighted by molar-refractivity contribution is 9.10. The van der Waals surface area contributed by atoms with Crippen LogP contribution in [0.4, 0.5) is 4.39 Å². The third-order valence-corrected chi connectivity index (χ3v) is 4.66. The number of rotatable bonds is 4. The van der Waals surface area contributed by atoms with Crippen molar-refractivity contribution in [2.75, 3.05) is 13.1 Å². The Morgan fingerprint density at radius 2 is 2.15 bits per heavy atom. The molecule has 0 bridgehead atoms. The monoisotopic (exact) mass is 342 g/mol. The van der Waals surface area contributed by atoms with Gasteiger partial charge in [-0.3, -0.25) is 4.90 Å². The van der Waals surface area contributed by atoms with Gasteiger partial charge in [0.1, 0.15) is 5.82 Å². The van der Waals surface area contributed by atoms with Gasteiger partial charge in [0.05, 0.1) is 4.47 Å². The molecule has 1 unspecified atom stereocenters. The Labute approximate surface area is 129 Å². The minimum absolute atomic E-state index is 0.147. The summed E-state index contributed by atoms with van der Waals surface area (Å²) in [6, 6.07) is 5.83. The molecule has 0 spiro atoms. The zero-order chi connectivity index (χ0) is 14.8. The molecule has 1 fully saturated rings. The van der Waals surface area contributed by atoms with Crippen LogP contribution in [0.1, 0.15) is 39.2 Å². The van der Waals surface area contributed by atoms with Crippen LogP contribution < -0.4 is 5.32 Å². The van der Waals surface area contributed by atoms with Gasteiger partial charge in [-0.15, -0.1) is 0 Å². The molecule has 0 aromatic heterocycles. The van der Waals surface area contributed by atoms with E-state index in [1.807, 2.05) is 6.07 Å². The van der Waals surface area contributed by atoms with Gasteiger partial charge in [-0.2, -0.15) is 0 Å². The van der Waals surface area contributed by atoms with E-state index in [1.165, 1.54) is 18.9 Å². The summed E-state index contributed by atoms with van der Waals surface area (Å²) in [7, 11) is 0. The van der Waals surface area contributed by atoms with Gasteiger partial charge in [-0.25, -0.2) is 4.39 Å². The second kappa shape index (κ2) is 6.54. The normalized spacial score (nSPS) is 20.6. The van der Waals surface area contributed by atoms with Crippen molar-refractivity contribution in [2.24, 2.45) is 0 Å². The first kappa shape index (κ1) is 15.9. The van der Waals surface area contributed by atoms with E-state index in [4.69, 9.17) is 0 Å². The van der Waals surface area contributed by atoms with Gasteiger partial charge < -0.3 is 5.32 Å². The first-order valence-corrected chi connectivity index (χ1v) is 8.08. The predicted molar refractivity (Wildman–Crippen MR) is 85.3 cm³/mol. The highest BCUT2D eigenvalue weighted by Crippen LogP contribution is 2.25. The Morgan fingerprint density at radius 1 is 1.40 bits per heavy atom. The summed E-state index contributed by atoms with van der Waals surface area (Å²) in [6.45, 7) is 9.48. The van der Waals surface area contributed by atoms with Crippen LogP contribution in [0.5, 0.6) is 0 Å². The first-order chi connectivity index (χ1) is 9.37. The van der Waals surface area contributed by atoms with Gasteiger partial charge in [0.2, 0.25) is 0 Å². The van der Waals surface area contributed by atoms with E-state index in [9.17, 15) is 4.39 Å². The maximum Gasteiger partial charge on any atom is 0.137 e. The van der Waals surface area contributed by atoms with Crippen molar-refractivity contribution in [1.29, 1.82) is 0 Å². The highest BCUT2D eigenvalue weighted by atomic mass is 79.9. The van der Waals surface area contributed by atoms with E-state index in [2.05, 4.69) is 46.9 Å². The van der Waals surface area contributed by atoms with Gasteiger partial charge in [0.25, 0.3) is 0 Å². The van der Waals surface area contributed by atoms with Crippen molar-refractivity contribution < 1.29 is 4.39 Å². The molecule has 2 rings (SSSR count). The van der Waals surface area contributed by atoms with Gasteiger partial charge in [0.15, 0.2) is 0 Å². The molecule has 4 heteroatoms. The van der Waals surface area contributed by atoms with Crippen molar-refractivity contribution >= 4 is 15.9 Å². The van der Waals surface area contributed by atoms with E-state index < -0.39 is 0 Å². The van der Waals surface area contributed by atoms with E-state index >= 15 is 0 Å². The third kappa shape index (κ3) is 4.27. The lowest BCUT2D eigenvalue weighted by atomic mass is 10.1. The summed E-state index contributed by atoms with van der Waals surface area (Å²) in [4.78, 5) is 2.46. The molecule has 112 valence electrons. The second-order valence-electron chi connectivity index (χ2n) is 6.61. The molecule has 1 aromatic carbocycles. The number of hydrogen-bond donors (Lipinski definition) is 1. The largest absolute Gasteiger partial charge is 0.311 e. The van der Waals surface area contributed by atoms with Crippen LogP contribution in [0.15, 0.2) is 22.7 Å². The molecular formula is C16H24BrFN2. The van der Waals surface area contributed by atoms with Crippen molar-refractivity contribution in [3.8, 4) is 0 Å². The Morgan fingerprint density at radius 3 is 2.85 bits per heavy atom. The molecule has 1 aliphatic rings. The van der Waals surface area contributed by atoms with E-state index in [-0.39, 0.29) is 11.4 Å². The maximum absolute atomic E-state index is 13.6. The summed E-state index contributed by atoms with van der Waals surface area (Å²) >= 11 is 3.36. The Bertz CT molecular complexity index is 456. The summed E-state index contributed by atoms with van der Waals surface area (Å²) < 4.78 is 14.2. The van der Waals surface area contributed by atoms with Crippen LogP contribution in [0.2, 0.25) is 0 Å². The zero-order valence-corrected chi connectivity index (χ0v) is 14.1. The Kier molecular flexibility index (Phi) is 5.21. The van der Waals surface area contributed by atoms with E-state index in [0.717, 1.165) is 25.2 Å². The predicted octanol–water partition coefficient (Wildman–Crippen LogP) is 3.94. The van der Waals surface area contributed by atoms with Crippen molar-refractivity contribution in [1.82, 2.24) is 10.2 Å². The van der Waals surface area contributed by atoms with Crippen LogP contribution in [0.25, 0.3) is 0 Å². The standard InChI is InChI=1S/C16H24BrFN2/c1-16(2,3)19-10-13-7-5-9-20(13)11-12-6-4-8-14(18)15(12)17/h4,6,8,13,19H,5,7,9-11H2,1-3H3. The molecular weight excluding hydrogens is 319 g/mol. The number of halogens is 2. The quantitative estimate of drug-likeness (QED) is 0.891. The number of likely N-dealkylation sites (tertiary alicyclic amines) is 1. The fraction of sp³-hybridized carbons (Fsp3) is 0.625. The van der Waals surface area contributed by atoms with Gasteiger partial charge in [-0.05, 0) is 67.7 Å². The third-order valence-electron chi connectivity index (χ3n) is 3.77. The highest BCUT2D eigenvalue weighted by Gasteiger charge is 2.26. The summed E-state index contributed by atoms with van der Waals surface area (Å²) in [5.41, 5.74) is 1.18. The smallest absolute Gasteiger partial charge is 0.137 e. The van der Waals surface area contributed by atoms with Crippen molar-refractivity contribution in [2.45, 2.75) is 51.7 Å². The molecule has 2 nitrogen and oxygen atoms in total. The minimum Gasteiger partial charge on any atom is -0.311 e. The first-order valence-electron chi connectivity index (χ1n) is 7.29. The molecule has 1 atom stereocenters. The van der Waals surface area contributed by atoms with E-state index in [0.29, 0.717) is 10.5 Å². The van der Waals surface area contributed by atoms with Crippen molar-refractivity contribution in [3.63, 3.8) is 0 Å². The lowest BCUT2D eigenvalue weighted by molar-refractivity contribution is 0.225. The average Bonchev–Trinajstić information content (AvgIpc) is 2.79. The van der Waals surface area contributed by atoms with Crippen LogP contribution in [0, 0.1) is 5.82 Å². The average molecular weight is 343 g/mol. The lowest BCUT2D eigenvalue weighted by Gasteiger charge is -2.29. The number of benzene rings is 1. The second-order valence-corrected chi connectivity index (χ2v) is 7.40. The summed E-state index contributed by atoms with van der Waals surface area (Å²) in [5.74, 6) is -0.175. The summed E-state index contributed by atoms with van der Waals surface area (Å²) in [6.07, 6.45) is 2.44. The maximum atomic E-state index is 13.6. The Hall–Kier alpha value is -0.450. The van der Waals surface area contributed by atoms with Gasteiger partial charge in [0, 0.05) is 24.7 Å². The van der Waals surface area contributed by atoms with Crippen LogP contribution in [0.3, 0.4) is 0 Å². The molecule has 1 saturated heterocycles. The van der Waals surface area contributed by atoms with E-state index in [1.54, 1.807) is 6.07 Å². The lowest BCUT2D eigenvalue weighted by Crippen LogP contribution is -2.45. The fourth-order valence-electron chi connectivity index (χ4n) is 2.65. The topological polar surface area (TPSA) is 15.3 Å². The van der Waals surface area contributed by atoms with Crippen LogP contribution >= 0.6 is 15.9 Å². The molecule has 1 heterocycles. The fourth-order valence-corrected chi connectivity index (χ4v) is 3.04. The zero-order valence-electron chi connectivity index (χ0n) is 12.5. The SMILES string of the molecule is CC(C)(C)NCC1CCCN1Cc1cccc(F)c1Br. The van der Waals surface area contributed by atoms with Crippen LogP contribution in [-0.2, 0) is 6.54 Å². The van der Waals surface area contributed by atoms with Gasteiger partial charge in [-0.1, -0.05) is 12.1 Å². The molecule has 0 radical (unpaired) electrons. The molecule has 20 heavy (non-hydrogen) atoms. The summed E-state index contributed by atoms with van der Waals surface area (Å²) in [5, 5.41) is 3.58.